The Morgan fingerprint density at radius 2 is 1.91 bits per heavy atom. The molecule has 1 atom stereocenters. The molecular weight excluding hydrogens is 435 g/mol. The van der Waals surface area contributed by atoms with E-state index < -0.39 is 18.0 Å². The van der Waals surface area contributed by atoms with Crippen molar-refractivity contribution >= 4 is 29.3 Å². The molecule has 0 spiro atoms. The third kappa shape index (κ3) is 4.71. The quantitative estimate of drug-likeness (QED) is 0.674. The zero-order chi connectivity index (χ0) is 22.7. The maximum absolute atomic E-state index is 14.1. The van der Waals surface area contributed by atoms with Crippen LogP contribution in [-0.4, -0.2) is 56.7 Å². The number of halogens is 2. The summed E-state index contributed by atoms with van der Waals surface area (Å²) >= 11 is 6.13. The number of carbonyl (C=O) groups is 2. The minimum Gasteiger partial charge on any atom is -0.466 e. The van der Waals surface area contributed by atoms with Gasteiger partial charge in [0.1, 0.15) is 5.82 Å². The van der Waals surface area contributed by atoms with Crippen molar-refractivity contribution in [3.63, 3.8) is 0 Å². The summed E-state index contributed by atoms with van der Waals surface area (Å²) in [5.74, 6) is -0.769. The van der Waals surface area contributed by atoms with E-state index in [1.807, 2.05) is 11.0 Å². The molecule has 2 amide bonds. The second kappa shape index (κ2) is 9.58. The molecule has 9 heteroatoms. The average molecular weight is 459 g/mol. The summed E-state index contributed by atoms with van der Waals surface area (Å²) in [6.07, 6.45) is 0. The average Bonchev–Trinajstić information content (AvgIpc) is 2.79. The van der Waals surface area contributed by atoms with Gasteiger partial charge in [-0.05, 0) is 29.8 Å². The van der Waals surface area contributed by atoms with E-state index in [2.05, 4.69) is 15.5 Å². The number of piperazine rings is 1. The highest BCUT2D eigenvalue weighted by Gasteiger charge is 2.34. The van der Waals surface area contributed by atoms with Gasteiger partial charge >= 0.3 is 12.0 Å². The molecule has 0 aromatic heterocycles. The van der Waals surface area contributed by atoms with Crippen molar-refractivity contribution in [3.8, 4) is 0 Å². The number of esters is 1. The van der Waals surface area contributed by atoms with E-state index in [0.29, 0.717) is 60.3 Å². The molecule has 4 rings (SSSR count). The van der Waals surface area contributed by atoms with Crippen molar-refractivity contribution in [3.05, 3.63) is 76.2 Å². The van der Waals surface area contributed by atoms with E-state index in [1.165, 1.54) is 13.2 Å². The maximum atomic E-state index is 14.1. The molecule has 2 aromatic rings. The molecule has 0 aliphatic carbocycles. The first-order valence-electron chi connectivity index (χ1n) is 10.3. The van der Waals surface area contributed by atoms with E-state index in [1.54, 1.807) is 36.4 Å². The lowest BCUT2D eigenvalue weighted by molar-refractivity contribution is -0.136. The van der Waals surface area contributed by atoms with Crippen LogP contribution in [0.25, 0.3) is 0 Å². The van der Waals surface area contributed by atoms with E-state index in [-0.39, 0.29) is 5.82 Å². The Labute approximate surface area is 190 Å². The van der Waals surface area contributed by atoms with Gasteiger partial charge in [0.15, 0.2) is 0 Å². The van der Waals surface area contributed by atoms with Crippen molar-refractivity contribution in [1.29, 1.82) is 0 Å². The maximum Gasteiger partial charge on any atom is 0.338 e. The first-order chi connectivity index (χ1) is 15.5. The lowest BCUT2D eigenvalue weighted by Crippen LogP contribution is -2.51. The summed E-state index contributed by atoms with van der Waals surface area (Å²) < 4.78 is 19.1. The largest absolute Gasteiger partial charge is 0.466 e. The van der Waals surface area contributed by atoms with Gasteiger partial charge in [-0.1, -0.05) is 35.9 Å². The fourth-order valence-corrected chi connectivity index (χ4v) is 4.31. The summed E-state index contributed by atoms with van der Waals surface area (Å²) in [4.78, 5) is 29.2. The van der Waals surface area contributed by atoms with Crippen LogP contribution >= 0.6 is 11.6 Å². The van der Waals surface area contributed by atoms with Crippen molar-refractivity contribution in [1.82, 2.24) is 15.5 Å². The van der Waals surface area contributed by atoms with Crippen molar-refractivity contribution in [2.24, 2.45) is 0 Å². The molecule has 1 saturated heterocycles. The number of para-hydroxylation sites is 1. The van der Waals surface area contributed by atoms with Crippen LogP contribution in [-0.2, 0) is 9.53 Å². The highest BCUT2D eigenvalue weighted by atomic mass is 35.5. The lowest BCUT2D eigenvalue weighted by Gasteiger charge is -2.38. The normalized spacial score (nSPS) is 19.4. The van der Waals surface area contributed by atoms with Gasteiger partial charge in [0.25, 0.3) is 0 Å². The molecule has 2 aliphatic rings. The molecule has 0 unspecified atom stereocenters. The Morgan fingerprint density at radius 1 is 1.16 bits per heavy atom. The highest BCUT2D eigenvalue weighted by molar-refractivity contribution is 6.30. The predicted octanol–water partition coefficient (Wildman–Crippen LogP) is 3.08. The monoisotopic (exact) mass is 458 g/mol. The SMILES string of the molecule is COC(=O)C1=C(CN2CCN(c3ccccc3F)CC2)NC(=O)N[C@@H]1c1cccc(Cl)c1. The molecule has 0 radical (unpaired) electrons. The number of ether oxygens (including phenoxy) is 1. The molecule has 2 aliphatic heterocycles. The highest BCUT2D eigenvalue weighted by Crippen LogP contribution is 2.30. The van der Waals surface area contributed by atoms with Crippen LogP contribution in [0.5, 0.6) is 0 Å². The lowest BCUT2D eigenvalue weighted by atomic mass is 9.95. The van der Waals surface area contributed by atoms with E-state index in [9.17, 15) is 14.0 Å². The van der Waals surface area contributed by atoms with Crippen LogP contribution < -0.4 is 15.5 Å². The number of methoxy groups -OCH3 is 1. The predicted molar refractivity (Wildman–Crippen MR) is 120 cm³/mol. The first kappa shape index (κ1) is 22.1. The number of nitrogens with one attached hydrogen (secondary N) is 2. The molecule has 0 saturated carbocycles. The summed E-state index contributed by atoms with van der Waals surface area (Å²) in [6.45, 7) is 2.92. The molecule has 7 nitrogen and oxygen atoms in total. The fraction of sp³-hybridized carbons (Fsp3) is 0.304. The van der Waals surface area contributed by atoms with Gasteiger partial charge in [-0.15, -0.1) is 0 Å². The number of anilines is 1. The van der Waals surface area contributed by atoms with Crippen LogP contribution in [0.15, 0.2) is 59.8 Å². The Balaban J connectivity index is 1.55. The minimum absolute atomic E-state index is 0.244. The number of nitrogens with zero attached hydrogens (tertiary/aromatic N) is 2. The third-order valence-electron chi connectivity index (χ3n) is 5.69. The van der Waals surface area contributed by atoms with Crippen LogP contribution in [0.1, 0.15) is 11.6 Å². The standard InChI is InChI=1S/C23H24ClFN4O3/c1-32-22(30)20-18(26-23(31)27-21(20)15-5-4-6-16(24)13-15)14-28-9-11-29(12-10-28)19-8-3-2-7-17(19)25/h2-8,13,21H,9-12,14H2,1H3,(H2,26,27,31)/t21-/m1/s1. The molecule has 2 heterocycles. The Bertz CT molecular complexity index is 1050. The zero-order valence-electron chi connectivity index (χ0n) is 17.6. The minimum atomic E-state index is -0.676. The number of benzene rings is 2. The second-order valence-corrected chi connectivity index (χ2v) is 8.12. The van der Waals surface area contributed by atoms with Crippen LogP contribution in [0.4, 0.5) is 14.9 Å². The number of rotatable bonds is 5. The summed E-state index contributed by atoms with van der Waals surface area (Å²) in [6, 6.07) is 12.6. The summed E-state index contributed by atoms with van der Waals surface area (Å²) in [5, 5.41) is 6.07. The molecule has 168 valence electrons. The number of carbonyl (C=O) groups excluding carboxylic acids is 2. The van der Waals surface area contributed by atoms with Gasteiger partial charge in [0.05, 0.1) is 24.4 Å². The molecule has 2 aromatic carbocycles. The Hall–Kier alpha value is -3.10. The number of amides is 2. The Kier molecular flexibility index (Phi) is 6.62. The number of hydrogen-bond acceptors (Lipinski definition) is 5. The molecule has 32 heavy (non-hydrogen) atoms. The van der Waals surface area contributed by atoms with E-state index >= 15 is 0 Å². The van der Waals surface area contributed by atoms with Gasteiger partial charge in [-0.25, -0.2) is 14.0 Å². The molecular formula is C23H24ClFN4O3. The second-order valence-electron chi connectivity index (χ2n) is 7.68. The molecule has 0 bridgehead atoms. The zero-order valence-corrected chi connectivity index (χ0v) is 18.4. The third-order valence-corrected chi connectivity index (χ3v) is 5.92. The summed E-state index contributed by atoms with van der Waals surface area (Å²) in [5.41, 5.74) is 2.10. The first-order valence-corrected chi connectivity index (χ1v) is 10.7. The topological polar surface area (TPSA) is 73.9 Å². The van der Waals surface area contributed by atoms with Crippen LogP contribution in [0, 0.1) is 5.82 Å². The van der Waals surface area contributed by atoms with Gasteiger partial charge in [-0.2, -0.15) is 0 Å². The van der Waals surface area contributed by atoms with Crippen molar-refractivity contribution < 1.29 is 18.7 Å². The Morgan fingerprint density at radius 3 is 2.59 bits per heavy atom. The van der Waals surface area contributed by atoms with Gasteiger partial charge in [0, 0.05) is 43.4 Å². The van der Waals surface area contributed by atoms with Gasteiger partial charge in [0.2, 0.25) is 0 Å². The van der Waals surface area contributed by atoms with Crippen LogP contribution in [0.3, 0.4) is 0 Å². The van der Waals surface area contributed by atoms with Crippen LogP contribution in [0.2, 0.25) is 5.02 Å². The molecule has 1 fully saturated rings. The van der Waals surface area contributed by atoms with Crippen molar-refractivity contribution in [2.75, 3.05) is 44.7 Å². The van der Waals surface area contributed by atoms with E-state index in [4.69, 9.17) is 16.3 Å². The summed E-state index contributed by atoms with van der Waals surface area (Å²) in [7, 11) is 1.31. The van der Waals surface area contributed by atoms with Crippen molar-refractivity contribution in [2.45, 2.75) is 6.04 Å². The van der Waals surface area contributed by atoms with Gasteiger partial charge in [-0.3, -0.25) is 4.90 Å². The fourth-order valence-electron chi connectivity index (χ4n) is 4.11. The number of urea groups is 1. The van der Waals surface area contributed by atoms with Gasteiger partial charge < -0.3 is 20.3 Å². The number of hydrogen-bond donors (Lipinski definition) is 2. The van der Waals surface area contributed by atoms with E-state index in [0.717, 1.165) is 0 Å². The smallest absolute Gasteiger partial charge is 0.338 e. The molecule has 2 N–H and O–H groups in total.